The van der Waals surface area contributed by atoms with Crippen LogP contribution in [0.15, 0.2) is 18.5 Å². The van der Waals surface area contributed by atoms with Crippen molar-refractivity contribution in [3.05, 3.63) is 30.0 Å². The molecule has 2 aromatic heterocycles. The highest BCUT2D eigenvalue weighted by molar-refractivity contribution is 7.19. The standard InChI is InChI=1S/C10H7F4N3S/c1-15-9-7(10(12,13)14)17-8(18-9)5-2-6(11)4-16-3-5/h2-4,15H,1H3. The SMILES string of the molecule is CNc1sc(-c2cncc(F)c2)nc1C(F)(F)F. The summed E-state index contributed by atoms with van der Waals surface area (Å²) in [7, 11) is 1.37. The van der Waals surface area contributed by atoms with Gasteiger partial charge in [-0.05, 0) is 6.07 Å². The summed E-state index contributed by atoms with van der Waals surface area (Å²) in [5.41, 5.74) is -0.790. The minimum atomic E-state index is -4.55. The largest absolute Gasteiger partial charge is 0.436 e. The fourth-order valence-corrected chi connectivity index (χ4v) is 2.25. The van der Waals surface area contributed by atoms with Gasteiger partial charge in [0.2, 0.25) is 0 Å². The summed E-state index contributed by atoms with van der Waals surface area (Å²) >= 11 is 0.799. The maximum atomic E-state index is 13.0. The van der Waals surface area contributed by atoms with Crippen molar-refractivity contribution >= 4 is 16.3 Å². The van der Waals surface area contributed by atoms with E-state index in [1.807, 2.05) is 0 Å². The van der Waals surface area contributed by atoms with Gasteiger partial charge in [0.05, 0.1) is 6.20 Å². The Morgan fingerprint density at radius 1 is 1.28 bits per heavy atom. The Hall–Kier alpha value is -1.70. The third kappa shape index (κ3) is 2.42. The highest BCUT2D eigenvalue weighted by Crippen LogP contribution is 2.40. The van der Waals surface area contributed by atoms with E-state index in [0.717, 1.165) is 23.6 Å². The van der Waals surface area contributed by atoms with E-state index in [4.69, 9.17) is 0 Å². The maximum absolute atomic E-state index is 13.0. The number of nitrogens with zero attached hydrogens (tertiary/aromatic N) is 2. The quantitative estimate of drug-likeness (QED) is 0.855. The molecule has 96 valence electrons. The predicted octanol–water partition coefficient (Wildman–Crippen LogP) is 3.40. The van der Waals surface area contributed by atoms with Crippen LogP contribution in [0.4, 0.5) is 22.6 Å². The van der Waals surface area contributed by atoms with Crippen molar-refractivity contribution in [1.82, 2.24) is 9.97 Å². The zero-order valence-corrected chi connectivity index (χ0v) is 9.86. The number of aromatic nitrogens is 2. The number of anilines is 1. The summed E-state index contributed by atoms with van der Waals surface area (Å²) in [5.74, 6) is -0.623. The molecule has 8 heteroatoms. The van der Waals surface area contributed by atoms with Crippen LogP contribution in [0.1, 0.15) is 5.69 Å². The number of halogens is 4. The van der Waals surface area contributed by atoms with Gasteiger partial charge in [-0.2, -0.15) is 13.2 Å². The highest BCUT2D eigenvalue weighted by Gasteiger charge is 2.37. The van der Waals surface area contributed by atoms with Gasteiger partial charge in [0, 0.05) is 18.8 Å². The fraction of sp³-hybridized carbons (Fsp3) is 0.200. The van der Waals surface area contributed by atoms with Crippen LogP contribution in [-0.4, -0.2) is 17.0 Å². The van der Waals surface area contributed by atoms with Gasteiger partial charge < -0.3 is 5.32 Å². The molecule has 0 radical (unpaired) electrons. The Morgan fingerprint density at radius 3 is 2.50 bits per heavy atom. The topological polar surface area (TPSA) is 37.8 Å². The molecule has 2 heterocycles. The first-order valence-corrected chi connectivity index (χ1v) is 5.60. The lowest BCUT2D eigenvalue weighted by Crippen LogP contribution is -2.08. The van der Waals surface area contributed by atoms with Crippen LogP contribution in [0.2, 0.25) is 0 Å². The van der Waals surface area contributed by atoms with Gasteiger partial charge in [0.15, 0.2) is 5.69 Å². The van der Waals surface area contributed by atoms with E-state index in [9.17, 15) is 17.6 Å². The second-order valence-corrected chi connectivity index (χ2v) is 4.34. The number of hydrogen-bond donors (Lipinski definition) is 1. The molecule has 0 aliphatic carbocycles. The monoisotopic (exact) mass is 277 g/mol. The molecule has 3 nitrogen and oxygen atoms in total. The number of thiazole rings is 1. The highest BCUT2D eigenvalue weighted by atomic mass is 32.1. The molecular formula is C10H7F4N3S. The third-order valence-corrected chi connectivity index (χ3v) is 3.20. The Morgan fingerprint density at radius 2 is 2.00 bits per heavy atom. The minimum Gasteiger partial charge on any atom is -0.378 e. The molecule has 0 spiro atoms. The molecule has 0 atom stereocenters. The van der Waals surface area contributed by atoms with E-state index in [1.165, 1.54) is 13.2 Å². The number of alkyl halides is 3. The van der Waals surface area contributed by atoms with Gasteiger partial charge in [-0.15, -0.1) is 0 Å². The average molecular weight is 277 g/mol. The number of pyridine rings is 1. The fourth-order valence-electron chi connectivity index (χ4n) is 1.33. The van der Waals surface area contributed by atoms with Gasteiger partial charge in [-0.3, -0.25) is 4.98 Å². The Balaban J connectivity index is 2.51. The predicted molar refractivity (Wildman–Crippen MR) is 59.9 cm³/mol. The molecule has 0 amide bonds. The minimum absolute atomic E-state index is 0.0682. The molecule has 0 unspecified atom stereocenters. The normalized spacial score (nSPS) is 11.6. The maximum Gasteiger partial charge on any atom is 0.436 e. The van der Waals surface area contributed by atoms with Crippen molar-refractivity contribution in [3.8, 4) is 10.6 Å². The lowest BCUT2D eigenvalue weighted by Gasteiger charge is -2.04. The van der Waals surface area contributed by atoms with Crippen molar-refractivity contribution in [2.45, 2.75) is 6.18 Å². The molecule has 0 aromatic carbocycles. The molecule has 0 saturated heterocycles. The van der Waals surface area contributed by atoms with Crippen LogP contribution >= 0.6 is 11.3 Å². The first-order valence-electron chi connectivity index (χ1n) is 4.78. The summed E-state index contributed by atoms with van der Waals surface area (Å²) < 4.78 is 50.9. The van der Waals surface area contributed by atoms with Crippen molar-refractivity contribution in [3.63, 3.8) is 0 Å². The second-order valence-electron chi connectivity index (χ2n) is 3.34. The first kappa shape index (κ1) is 12.7. The number of nitrogens with one attached hydrogen (secondary N) is 1. The molecule has 2 rings (SSSR count). The van der Waals surface area contributed by atoms with Crippen LogP contribution in [0.25, 0.3) is 10.6 Å². The van der Waals surface area contributed by atoms with Crippen molar-refractivity contribution in [2.75, 3.05) is 12.4 Å². The van der Waals surface area contributed by atoms with Crippen LogP contribution in [0, 0.1) is 5.82 Å². The van der Waals surface area contributed by atoms with Crippen molar-refractivity contribution in [1.29, 1.82) is 0 Å². The van der Waals surface area contributed by atoms with E-state index in [0.29, 0.717) is 0 Å². The molecule has 0 aliphatic heterocycles. The zero-order valence-electron chi connectivity index (χ0n) is 9.05. The van der Waals surface area contributed by atoms with Gasteiger partial charge in [0.1, 0.15) is 15.8 Å². The van der Waals surface area contributed by atoms with E-state index < -0.39 is 17.7 Å². The summed E-state index contributed by atoms with van der Waals surface area (Å²) in [6, 6.07) is 1.09. The number of rotatable bonds is 2. The van der Waals surface area contributed by atoms with Gasteiger partial charge in [0.25, 0.3) is 0 Å². The van der Waals surface area contributed by atoms with Gasteiger partial charge in [-0.25, -0.2) is 9.37 Å². The van der Waals surface area contributed by atoms with E-state index >= 15 is 0 Å². The van der Waals surface area contributed by atoms with Crippen LogP contribution in [-0.2, 0) is 6.18 Å². The first-order chi connectivity index (χ1) is 8.41. The summed E-state index contributed by atoms with van der Waals surface area (Å²) in [5, 5.41) is 2.39. The Kier molecular flexibility index (Phi) is 3.20. The van der Waals surface area contributed by atoms with E-state index in [2.05, 4.69) is 15.3 Å². The molecule has 0 fully saturated rings. The lowest BCUT2D eigenvalue weighted by molar-refractivity contribution is -0.140. The molecule has 1 N–H and O–H groups in total. The summed E-state index contributed by atoms with van der Waals surface area (Å²) in [6.45, 7) is 0. The number of hydrogen-bond acceptors (Lipinski definition) is 4. The Bertz CT molecular complexity index is 564. The molecule has 18 heavy (non-hydrogen) atoms. The molecule has 2 aromatic rings. The average Bonchev–Trinajstić information content (AvgIpc) is 2.72. The van der Waals surface area contributed by atoms with Crippen LogP contribution in [0.5, 0.6) is 0 Å². The lowest BCUT2D eigenvalue weighted by atomic mass is 10.3. The molecule has 0 saturated carbocycles. The van der Waals surface area contributed by atoms with Gasteiger partial charge in [-0.1, -0.05) is 11.3 Å². The van der Waals surface area contributed by atoms with E-state index in [-0.39, 0.29) is 15.6 Å². The molecular weight excluding hydrogens is 270 g/mol. The van der Waals surface area contributed by atoms with Gasteiger partial charge >= 0.3 is 6.18 Å². The summed E-state index contributed by atoms with van der Waals surface area (Å²) in [6.07, 6.45) is -2.31. The van der Waals surface area contributed by atoms with Crippen LogP contribution in [0.3, 0.4) is 0 Å². The van der Waals surface area contributed by atoms with Crippen molar-refractivity contribution in [2.24, 2.45) is 0 Å². The second kappa shape index (κ2) is 4.52. The zero-order chi connectivity index (χ0) is 13.3. The smallest absolute Gasteiger partial charge is 0.378 e. The van der Waals surface area contributed by atoms with Crippen LogP contribution < -0.4 is 5.32 Å². The van der Waals surface area contributed by atoms with E-state index in [1.54, 1.807) is 0 Å². The molecule has 0 aliphatic rings. The summed E-state index contributed by atoms with van der Waals surface area (Å²) in [4.78, 5) is 7.07. The third-order valence-electron chi connectivity index (χ3n) is 2.07. The Labute approximate surface area is 104 Å². The molecule has 0 bridgehead atoms. The van der Waals surface area contributed by atoms with Crippen molar-refractivity contribution < 1.29 is 17.6 Å².